The van der Waals surface area contributed by atoms with Gasteiger partial charge in [0.1, 0.15) is 6.04 Å². The smallest absolute Gasteiger partial charge is 0.322 e. The van der Waals surface area contributed by atoms with Gasteiger partial charge in [0, 0.05) is 6.54 Å². The Balaban J connectivity index is 2.63. The highest BCUT2D eigenvalue weighted by Gasteiger charge is 2.33. The van der Waals surface area contributed by atoms with Gasteiger partial charge in [-0.25, -0.2) is 4.79 Å². The SMILES string of the molecule is NC(=O)NC(=O)CN1CC(=O)NCC1C(=O)O. The number of hydrogen-bond donors (Lipinski definition) is 4. The van der Waals surface area contributed by atoms with Crippen LogP contribution in [0, 0.1) is 0 Å². The molecule has 0 aromatic heterocycles. The first kappa shape index (κ1) is 12.9. The van der Waals surface area contributed by atoms with Crippen LogP contribution < -0.4 is 16.4 Å². The summed E-state index contributed by atoms with van der Waals surface area (Å²) in [6, 6.07) is -2.02. The van der Waals surface area contributed by atoms with Crippen molar-refractivity contribution >= 4 is 23.8 Å². The minimum absolute atomic E-state index is 0.0853. The highest BCUT2D eigenvalue weighted by atomic mass is 16.4. The molecule has 9 heteroatoms. The summed E-state index contributed by atoms with van der Waals surface area (Å²) in [6.45, 7) is -0.686. The van der Waals surface area contributed by atoms with Gasteiger partial charge in [0.15, 0.2) is 0 Å². The second-order valence-electron chi connectivity index (χ2n) is 3.48. The molecule has 0 aromatic rings. The number of imide groups is 1. The van der Waals surface area contributed by atoms with Gasteiger partial charge in [-0.15, -0.1) is 0 Å². The number of piperazine rings is 1. The van der Waals surface area contributed by atoms with E-state index in [1.165, 1.54) is 0 Å². The molecular formula is C8H12N4O5. The molecule has 0 saturated carbocycles. The van der Waals surface area contributed by atoms with E-state index < -0.39 is 23.9 Å². The number of urea groups is 1. The first-order chi connectivity index (χ1) is 7.90. The van der Waals surface area contributed by atoms with Crippen LogP contribution in [-0.2, 0) is 14.4 Å². The van der Waals surface area contributed by atoms with E-state index in [2.05, 4.69) is 5.32 Å². The lowest BCUT2D eigenvalue weighted by molar-refractivity contribution is -0.146. The van der Waals surface area contributed by atoms with Crippen LogP contribution in [0.1, 0.15) is 0 Å². The van der Waals surface area contributed by atoms with Gasteiger partial charge in [-0.05, 0) is 0 Å². The van der Waals surface area contributed by atoms with E-state index in [1.54, 1.807) is 5.32 Å². The summed E-state index contributed by atoms with van der Waals surface area (Å²) in [6.07, 6.45) is 0. The molecule has 1 aliphatic rings. The number of carboxylic acids is 1. The molecular weight excluding hydrogens is 232 g/mol. The Bertz CT molecular complexity index is 369. The van der Waals surface area contributed by atoms with Gasteiger partial charge in [-0.1, -0.05) is 0 Å². The quantitative estimate of drug-likeness (QED) is 0.418. The molecule has 0 bridgehead atoms. The molecule has 9 nitrogen and oxygen atoms in total. The molecule has 1 unspecified atom stereocenters. The Morgan fingerprint density at radius 1 is 1.53 bits per heavy atom. The summed E-state index contributed by atoms with van der Waals surface area (Å²) in [4.78, 5) is 44.7. The molecule has 1 atom stereocenters. The van der Waals surface area contributed by atoms with Gasteiger partial charge in [0.25, 0.3) is 0 Å². The van der Waals surface area contributed by atoms with E-state index in [1.807, 2.05) is 0 Å². The lowest BCUT2D eigenvalue weighted by atomic mass is 10.2. The molecule has 1 saturated heterocycles. The van der Waals surface area contributed by atoms with Crippen molar-refractivity contribution in [1.29, 1.82) is 0 Å². The summed E-state index contributed by atoms with van der Waals surface area (Å²) in [7, 11) is 0. The van der Waals surface area contributed by atoms with Crippen molar-refractivity contribution in [1.82, 2.24) is 15.5 Å². The Morgan fingerprint density at radius 3 is 2.71 bits per heavy atom. The van der Waals surface area contributed by atoms with Crippen molar-refractivity contribution in [3.8, 4) is 0 Å². The molecule has 1 rings (SSSR count). The van der Waals surface area contributed by atoms with Crippen LogP contribution in [0.5, 0.6) is 0 Å². The number of nitrogens with one attached hydrogen (secondary N) is 2. The van der Waals surface area contributed by atoms with Gasteiger partial charge in [-0.2, -0.15) is 0 Å². The third-order valence-corrected chi connectivity index (χ3v) is 2.17. The number of carbonyl (C=O) groups is 4. The predicted molar refractivity (Wildman–Crippen MR) is 53.7 cm³/mol. The van der Waals surface area contributed by atoms with E-state index in [0.29, 0.717) is 0 Å². The largest absolute Gasteiger partial charge is 0.480 e. The number of rotatable bonds is 3. The number of hydrogen-bond acceptors (Lipinski definition) is 5. The Labute approximate surface area is 95.9 Å². The molecule has 1 aliphatic heterocycles. The molecule has 0 aromatic carbocycles. The van der Waals surface area contributed by atoms with Crippen molar-refractivity contribution in [2.75, 3.05) is 19.6 Å². The fraction of sp³-hybridized carbons (Fsp3) is 0.500. The Morgan fingerprint density at radius 2 is 2.18 bits per heavy atom. The summed E-state index contributed by atoms with van der Waals surface area (Å²) >= 11 is 0. The number of carboxylic acid groups (broad SMARTS) is 1. The fourth-order valence-electron chi connectivity index (χ4n) is 1.46. The van der Waals surface area contributed by atoms with Crippen LogP contribution in [0.2, 0.25) is 0 Å². The zero-order valence-corrected chi connectivity index (χ0v) is 8.80. The zero-order chi connectivity index (χ0) is 13.0. The van der Waals surface area contributed by atoms with Crippen LogP contribution in [0.15, 0.2) is 0 Å². The average Bonchev–Trinajstić information content (AvgIpc) is 2.15. The van der Waals surface area contributed by atoms with Crippen LogP contribution in [0.3, 0.4) is 0 Å². The molecule has 0 aliphatic carbocycles. The van der Waals surface area contributed by atoms with Crippen molar-refractivity contribution in [3.63, 3.8) is 0 Å². The van der Waals surface area contributed by atoms with E-state index in [9.17, 15) is 19.2 Å². The number of amides is 4. The second kappa shape index (κ2) is 5.25. The maximum absolute atomic E-state index is 11.2. The Hall–Kier alpha value is -2.16. The summed E-state index contributed by atoms with van der Waals surface area (Å²) in [5, 5.41) is 13.0. The van der Waals surface area contributed by atoms with Crippen molar-refractivity contribution in [2.24, 2.45) is 5.73 Å². The molecule has 1 fully saturated rings. The van der Waals surface area contributed by atoms with Gasteiger partial charge >= 0.3 is 12.0 Å². The van der Waals surface area contributed by atoms with Crippen molar-refractivity contribution in [2.45, 2.75) is 6.04 Å². The molecule has 17 heavy (non-hydrogen) atoms. The average molecular weight is 244 g/mol. The number of carbonyl (C=O) groups excluding carboxylic acids is 3. The topological polar surface area (TPSA) is 142 Å². The van der Waals surface area contributed by atoms with Gasteiger partial charge in [0.2, 0.25) is 11.8 Å². The van der Waals surface area contributed by atoms with Crippen LogP contribution in [-0.4, -0.2) is 59.5 Å². The van der Waals surface area contributed by atoms with Crippen LogP contribution in [0.4, 0.5) is 4.79 Å². The number of nitrogens with zero attached hydrogens (tertiary/aromatic N) is 1. The lowest BCUT2D eigenvalue weighted by Crippen LogP contribution is -2.59. The third-order valence-electron chi connectivity index (χ3n) is 2.17. The predicted octanol–water partition coefficient (Wildman–Crippen LogP) is -2.93. The molecule has 94 valence electrons. The molecule has 1 heterocycles. The number of nitrogens with two attached hydrogens (primary N) is 1. The summed E-state index contributed by atoms with van der Waals surface area (Å²) < 4.78 is 0. The highest BCUT2D eigenvalue weighted by Crippen LogP contribution is 2.03. The molecule has 4 amide bonds. The third kappa shape index (κ3) is 3.72. The van der Waals surface area contributed by atoms with E-state index in [-0.39, 0.29) is 25.5 Å². The van der Waals surface area contributed by atoms with E-state index in [4.69, 9.17) is 10.8 Å². The van der Waals surface area contributed by atoms with Crippen LogP contribution >= 0.6 is 0 Å². The minimum Gasteiger partial charge on any atom is -0.480 e. The number of primary amides is 1. The standard InChI is InChI=1S/C8H12N4O5/c9-8(17)11-6(14)3-12-2-5(13)10-1-4(12)7(15)16/h4H,1-3H2,(H,10,13)(H,15,16)(H3,9,11,14,17). The maximum Gasteiger partial charge on any atom is 0.322 e. The number of aliphatic carboxylic acids is 1. The van der Waals surface area contributed by atoms with Gasteiger partial charge < -0.3 is 16.2 Å². The zero-order valence-electron chi connectivity index (χ0n) is 8.80. The van der Waals surface area contributed by atoms with E-state index >= 15 is 0 Å². The second-order valence-corrected chi connectivity index (χ2v) is 3.48. The molecule has 5 N–H and O–H groups in total. The first-order valence-corrected chi connectivity index (χ1v) is 4.73. The minimum atomic E-state index is -1.16. The molecule has 0 spiro atoms. The van der Waals surface area contributed by atoms with Crippen molar-refractivity contribution < 1.29 is 24.3 Å². The summed E-state index contributed by atoms with van der Waals surface area (Å²) in [5.74, 6) is -2.29. The van der Waals surface area contributed by atoms with Crippen molar-refractivity contribution in [3.05, 3.63) is 0 Å². The normalized spacial score (nSPS) is 20.5. The van der Waals surface area contributed by atoms with Gasteiger partial charge in [0.05, 0.1) is 13.1 Å². The maximum atomic E-state index is 11.2. The molecule has 0 radical (unpaired) electrons. The lowest BCUT2D eigenvalue weighted by Gasteiger charge is -2.31. The van der Waals surface area contributed by atoms with Crippen LogP contribution in [0.25, 0.3) is 0 Å². The van der Waals surface area contributed by atoms with Gasteiger partial charge in [-0.3, -0.25) is 24.6 Å². The highest BCUT2D eigenvalue weighted by molar-refractivity contribution is 5.95. The fourth-order valence-corrected chi connectivity index (χ4v) is 1.46. The Kier molecular flexibility index (Phi) is 3.99. The van der Waals surface area contributed by atoms with E-state index in [0.717, 1.165) is 4.90 Å². The summed E-state index contributed by atoms with van der Waals surface area (Å²) in [5.41, 5.74) is 4.74. The first-order valence-electron chi connectivity index (χ1n) is 4.73. The monoisotopic (exact) mass is 244 g/mol.